The number of hydrogen-bond acceptors (Lipinski definition) is 1. The first-order chi connectivity index (χ1) is 6.56. The predicted octanol–water partition coefficient (Wildman–Crippen LogP) is 3.53. The van der Waals surface area contributed by atoms with E-state index in [-0.39, 0.29) is 0 Å². The van der Waals surface area contributed by atoms with Crippen molar-refractivity contribution in [2.24, 2.45) is 0 Å². The maximum absolute atomic E-state index is 4.09. The highest BCUT2D eigenvalue weighted by molar-refractivity contribution is 5.48. The molecule has 0 saturated heterocycles. The van der Waals surface area contributed by atoms with E-state index in [1.165, 1.54) is 5.57 Å². The molecular weight excluding hydrogens is 170 g/mol. The van der Waals surface area contributed by atoms with Gasteiger partial charge in [0.05, 0.1) is 0 Å². The molecule has 0 fully saturated rings. The largest absolute Gasteiger partial charge is 0.383 e. The van der Waals surface area contributed by atoms with Gasteiger partial charge in [0.25, 0.3) is 0 Å². The maximum atomic E-state index is 4.09. The summed E-state index contributed by atoms with van der Waals surface area (Å²) >= 11 is 0. The standard InChI is InChI=1S/C13H21N/c1-7-12(8-2)11(4)13(9-3)10-14(5)6/h7,9-10H,3-4,8H2,1-2,5-6H3/b12-7-,13-10-. The Labute approximate surface area is 88.1 Å². The summed E-state index contributed by atoms with van der Waals surface area (Å²) in [6.45, 7) is 12.1. The van der Waals surface area contributed by atoms with Gasteiger partial charge < -0.3 is 4.90 Å². The van der Waals surface area contributed by atoms with Crippen molar-refractivity contribution in [2.45, 2.75) is 20.3 Å². The van der Waals surface area contributed by atoms with Crippen LogP contribution in [0.4, 0.5) is 0 Å². The number of hydrogen-bond donors (Lipinski definition) is 0. The normalized spacial score (nSPS) is 12.6. The molecule has 0 atom stereocenters. The van der Waals surface area contributed by atoms with E-state index in [9.17, 15) is 0 Å². The molecule has 0 aliphatic rings. The predicted molar refractivity (Wildman–Crippen MR) is 65.2 cm³/mol. The Morgan fingerprint density at radius 2 is 1.93 bits per heavy atom. The molecule has 78 valence electrons. The first kappa shape index (κ1) is 12.8. The molecular formula is C13H21N. The van der Waals surface area contributed by atoms with Crippen LogP contribution in [0.25, 0.3) is 0 Å². The molecule has 0 aromatic carbocycles. The van der Waals surface area contributed by atoms with E-state index in [0.717, 1.165) is 17.6 Å². The van der Waals surface area contributed by atoms with Crippen LogP contribution in [0.15, 0.2) is 48.2 Å². The topological polar surface area (TPSA) is 3.24 Å². The molecule has 0 radical (unpaired) electrons. The van der Waals surface area contributed by atoms with Gasteiger partial charge in [0, 0.05) is 20.3 Å². The summed E-state index contributed by atoms with van der Waals surface area (Å²) in [5.41, 5.74) is 3.43. The van der Waals surface area contributed by atoms with Crippen molar-refractivity contribution in [1.82, 2.24) is 4.90 Å². The number of nitrogens with zero attached hydrogens (tertiary/aromatic N) is 1. The lowest BCUT2D eigenvalue weighted by Gasteiger charge is -2.13. The van der Waals surface area contributed by atoms with Crippen LogP contribution in [0, 0.1) is 0 Å². The summed E-state index contributed by atoms with van der Waals surface area (Å²) in [5, 5.41) is 0. The van der Waals surface area contributed by atoms with Crippen molar-refractivity contribution in [1.29, 1.82) is 0 Å². The number of allylic oxidation sites excluding steroid dienone is 5. The zero-order valence-corrected chi connectivity index (χ0v) is 9.80. The highest BCUT2D eigenvalue weighted by Crippen LogP contribution is 2.20. The molecule has 0 aromatic heterocycles. The Balaban J connectivity index is 4.89. The molecule has 0 amide bonds. The summed E-state index contributed by atoms with van der Waals surface area (Å²) in [6, 6.07) is 0. The van der Waals surface area contributed by atoms with Crippen molar-refractivity contribution in [2.75, 3.05) is 14.1 Å². The maximum Gasteiger partial charge on any atom is 0.00644 e. The lowest BCUT2D eigenvalue weighted by Crippen LogP contribution is -2.03. The molecule has 0 rings (SSSR count). The van der Waals surface area contributed by atoms with Gasteiger partial charge in [0.1, 0.15) is 0 Å². The summed E-state index contributed by atoms with van der Waals surface area (Å²) in [4.78, 5) is 2.01. The van der Waals surface area contributed by atoms with Crippen LogP contribution in [0.3, 0.4) is 0 Å². The third kappa shape index (κ3) is 3.65. The Kier molecular flexibility index (Phi) is 5.70. The second-order valence-corrected chi connectivity index (χ2v) is 3.40. The third-order valence-electron chi connectivity index (χ3n) is 2.08. The molecule has 0 aliphatic carbocycles. The minimum Gasteiger partial charge on any atom is -0.383 e. The van der Waals surface area contributed by atoms with Gasteiger partial charge in [-0.1, -0.05) is 32.2 Å². The van der Waals surface area contributed by atoms with Crippen molar-refractivity contribution in [3.05, 3.63) is 48.2 Å². The first-order valence-corrected chi connectivity index (χ1v) is 4.92. The zero-order valence-electron chi connectivity index (χ0n) is 9.80. The molecule has 0 aliphatic heterocycles. The van der Waals surface area contributed by atoms with Crippen LogP contribution in [0.5, 0.6) is 0 Å². The number of rotatable bonds is 5. The van der Waals surface area contributed by atoms with Gasteiger partial charge in [-0.05, 0) is 30.1 Å². The van der Waals surface area contributed by atoms with Crippen molar-refractivity contribution < 1.29 is 0 Å². The smallest absolute Gasteiger partial charge is 0.00644 e. The summed E-state index contributed by atoms with van der Waals surface area (Å²) in [7, 11) is 4.00. The van der Waals surface area contributed by atoms with Crippen molar-refractivity contribution in [3.8, 4) is 0 Å². The monoisotopic (exact) mass is 191 g/mol. The quantitative estimate of drug-likeness (QED) is 0.601. The molecule has 0 aromatic rings. The SMILES string of the molecule is C=C/C(=C/N(C)C)C(=C)/C(=C\C)CC. The van der Waals surface area contributed by atoms with Gasteiger partial charge in [-0.15, -0.1) is 0 Å². The lowest BCUT2D eigenvalue weighted by molar-refractivity contribution is 0.560. The van der Waals surface area contributed by atoms with E-state index in [0.29, 0.717) is 0 Å². The van der Waals surface area contributed by atoms with Crippen LogP contribution in [0.2, 0.25) is 0 Å². The van der Waals surface area contributed by atoms with Gasteiger partial charge in [0.15, 0.2) is 0 Å². The molecule has 0 bridgehead atoms. The van der Waals surface area contributed by atoms with E-state index < -0.39 is 0 Å². The van der Waals surface area contributed by atoms with Gasteiger partial charge >= 0.3 is 0 Å². The highest BCUT2D eigenvalue weighted by Gasteiger charge is 2.03. The van der Waals surface area contributed by atoms with E-state index in [1.54, 1.807) is 0 Å². The van der Waals surface area contributed by atoms with Crippen LogP contribution in [-0.4, -0.2) is 19.0 Å². The van der Waals surface area contributed by atoms with E-state index in [1.807, 2.05) is 38.2 Å². The zero-order chi connectivity index (χ0) is 11.1. The van der Waals surface area contributed by atoms with Gasteiger partial charge in [-0.25, -0.2) is 0 Å². The van der Waals surface area contributed by atoms with E-state index in [2.05, 4.69) is 26.2 Å². The average Bonchev–Trinajstić information content (AvgIpc) is 2.15. The molecule has 0 spiro atoms. The Hall–Kier alpha value is -1.24. The minimum atomic E-state index is 1.01. The van der Waals surface area contributed by atoms with Crippen LogP contribution >= 0.6 is 0 Å². The van der Waals surface area contributed by atoms with Crippen molar-refractivity contribution >= 4 is 0 Å². The molecule has 0 unspecified atom stereocenters. The fourth-order valence-electron chi connectivity index (χ4n) is 1.31. The second-order valence-electron chi connectivity index (χ2n) is 3.40. The van der Waals surface area contributed by atoms with E-state index in [4.69, 9.17) is 0 Å². The van der Waals surface area contributed by atoms with E-state index >= 15 is 0 Å². The van der Waals surface area contributed by atoms with Crippen LogP contribution in [-0.2, 0) is 0 Å². The fourth-order valence-corrected chi connectivity index (χ4v) is 1.31. The fraction of sp³-hybridized carbons (Fsp3) is 0.385. The molecule has 1 heteroatoms. The van der Waals surface area contributed by atoms with Crippen LogP contribution < -0.4 is 0 Å². The summed E-state index contributed by atoms with van der Waals surface area (Å²) in [6.07, 6.45) is 7.00. The van der Waals surface area contributed by atoms with Gasteiger partial charge in [-0.3, -0.25) is 0 Å². The van der Waals surface area contributed by atoms with Crippen LogP contribution in [0.1, 0.15) is 20.3 Å². The molecule has 1 nitrogen and oxygen atoms in total. The average molecular weight is 191 g/mol. The first-order valence-electron chi connectivity index (χ1n) is 4.92. The van der Waals surface area contributed by atoms with Gasteiger partial charge in [-0.2, -0.15) is 0 Å². The lowest BCUT2D eigenvalue weighted by atomic mass is 9.98. The minimum absolute atomic E-state index is 1.01. The summed E-state index contributed by atoms with van der Waals surface area (Å²) < 4.78 is 0. The Morgan fingerprint density at radius 3 is 2.21 bits per heavy atom. The highest BCUT2D eigenvalue weighted by atomic mass is 15.0. The molecule has 0 saturated carbocycles. The Morgan fingerprint density at radius 1 is 1.36 bits per heavy atom. The summed E-state index contributed by atoms with van der Waals surface area (Å²) in [5.74, 6) is 0. The second kappa shape index (κ2) is 6.25. The molecule has 14 heavy (non-hydrogen) atoms. The Bertz CT molecular complexity index is 267. The van der Waals surface area contributed by atoms with Gasteiger partial charge in [0.2, 0.25) is 0 Å². The third-order valence-corrected chi connectivity index (χ3v) is 2.08. The molecule has 0 heterocycles. The molecule has 0 N–H and O–H groups in total. The van der Waals surface area contributed by atoms with Crippen molar-refractivity contribution in [3.63, 3.8) is 0 Å².